The number of amides is 1. The Kier molecular flexibility index (Phi) is 6.28. The second-order valence-electron chi connectivity index (χ2n) is 5.88. The number of nitrogens with zero attached hydrogens (tertiary/aromatic N) is 2. The van der Waals surface area contributed by atoms with Crippen LogP contribution in [-0.4, -0.2) is 35.7 Å². The van der Waals surface area contributed by atoms with Gasteiger partial charge in [0, 0.05) is 12.3 Å². The number of carbonyl (C=O) groups excluding carboxylic acids is 1. The second-order valence-corrected chi connectivity index (χ2v) is 6.82. The lowest BCUT2D eigenvalue weighted by atomic mass is 10.1. The standard InChI is InChI=1S/C20H21FN2O2S/c1-2-25-18-8-6-15(7-9-18)13-19(24)23-11-10-22-20(23)26-14-16-4-3-5-17(21)12-16/h3-9,12H,2,10-11,13-14H2,1H3. The van der Waals surface area contributed by atoms with Crippen LogP contribution in [0.1, 0.15) is 18.1 Å². The van der Waals surface area contributed by atoms with E-state index in [1.165, 1.54) is 23.9 Å². The minimum absolute atomic E-state index is 0.0251. The SMILES string of the molecule is CCOc1ccc(CC(=O)N2CCN=C2SCc2cccc(F)c2)cc1. The fourth-order valence-electron chi connectivity index (χ4n) is 2.70. The minimum Gasteiger partial charge on any atom is -0.494 e. The van der Waals surface area contributed by atoms with E-state index in [-0.39, 0.29) is 11.7 Å². The Hall–Kier alpha value is -2.34. The molecule has 2 aromatic rings. The maximum Gasteiger partial charge on any atom is 0.233 e. The third-order valence-electron chi connectivity index (χ3n) is 3.95. The van der Waals surface area contributed by atoms with E-state index in [1.807, 2.05) is 37.3 Å². The summed E-state index contributed by atoms with van der Waals surface area (Å²) in [6.45, 7) is 3.77. The van der Waals surface area contributed by atoms with Gasteiger partial charge in [-0.2, -0.15) is 0 Å². The van der Waals surface area contributed by atoms with Gasteiger partial charge in [-0.15, -0.1) is 0 Å². The summed E-state index contributed by atoms with van der Waals surface area (Å²) in [6.07, 6.45) is 0.325. The van der Waals surface area contributed by atoms with E-state index in [4.69, 9.17) is 4.74 Å². The topological polar surface area (TPSA) is 41.9 Å². The molecular formula is C20H21FN2O2S. The molecule has 26 heavy (non-hydrogen) atoms. The maximum absolute atomic E-state index is 13.3. The van der Waals surface area contributed by atoms with Crippen LogP contribution in [0.5, 0.6) is 5.75 Å². The van der Waals surface area contributed by atoms with Gasteiger partial charge in [-0.1, -0.05) is 36.0 Å². The van der Waals surface area contributed by atoms with Crippen molar-refractivity contribution in [3.8, 4) is 5.75 Å². The average molecular weight is 372 g/mol. The van der Waals surface area contributed by atoms with Crippen molar-refractivity contribution in [3.63, 3.8) is 0 Å². The molecule has 0 bridgehead atoms. The normalized spacial score (nSPS) is 13.6. The predicted octanol–water partition coefficient (Wildman–Crippen LogP) is 3.90. The van der Waals surface area contributed by atoms with Crippen molar-refractivity contribution >= 4 is 22.8 Å². The van der Waals surface area contributed by atoms with E-state index >= 15 is 0 Å². The van der Waals surface area contributed by atoms with Crippen molar-refractivity contribution in [1.82, 2.24) is 4.90 Å². The predicted molar refractivity (Wildman–Crippen MR) is 103 cm³/mol. The minimum atomic E-state index is -0.250. The highest BCUT2D eigenvalue weighted by molar-refractivity contribution is 8.13. The van der Waals surface area contributed by atoms with Crippen molar-refractivity contribution in [1.29, 1.82) is 0 Å². The molecule has 0 aromatic heterocycles. The molecule has 6 heteroatoms. The lowest BCUT2D eigenvalue weighted by Gasteiger charge is -2.18. The van der Waals surface area contributed by atoms with Crippen LogP contribution in [0.2, 0.25) is 0 Å². The number of carbonyl (C=O) groups is 1. The van der Waals surface area contributed by atoms with Crippen molar-refractivity contribution in [2.24, 2.45) is 4.99 Å². The summed E-state index contributed by atoms with van der Waals surface area (Å²) in [5, 5.41) is 0.713. The fraction of sp³-hybridized carbons (Fsp3) is 0.300. The van der Waals surface area contributed by atoms with Gasteiger partial charge in [0.05, 0.1) is 19.6 Å². The number of benzene rings is 2. The van der Waals surface area contributed by atoms with Gasteiger partial charge < -0.3 is 4.74 Å². The zero-order valence-corrected chi connectivity index (χ0v) is 15.5. The molecule has 4 nitrogen and oxygen atoms in total. The number of amidine groups is 1. The van der Waals surface area contributed by atoms with E-state index in [0.717, 1.165) is 16.9 Å². The number of ether oxygens (including phenoxy) is 1. The molecule has 0 aliphatic carbocycles. The second kappa shape index (κ2) is 8.85. The molecule has 0 fully saturated rings. The highest BCUT2D eigenvalue weighted by atomic mass is 32.2. The summed E-state index contributed by atoms with van der Waals surface area (Å²) >= 11 is 1.47. The molecule has 0 spiro atoms. The van der Waals surface area contributed by atoms with E-state index in [1.54, 1.807) is 11.0 Å². The van der Waals surface area contributed by atoms with Crippen LogP contribution in [0, 0.1) is 5.82 Å². The highest BCUT2D eigenvalue weighted by Gasteiger charge is 2.24. The molecule has 136 valence electrons. The molecule has 0 N–H and O–H groups in total. The van der Waals surface area contributed by atoms with Crippen molar-refractivity contribution < 1.29 is 13.9 Å². The molecule has 0 unspecified atom stereocenters. The molecule has 1 aliphatic heterocycles. The first-order valence-electron chi connectivity index (χ1n) is 8.59. The summed E-state index contributed by atoms with van der Waals surface area (Å²) < 4.78 is 18.7. The Balaban J connectivity index is 1.57. The molecule has 3 rings (SSSR count). The van der Waals surface area contributed by atoms with Crippen molar-refractivity contribution in [2.45, 2.75) is 19.1 Å². The first-order chi connectivity index (χ1) is 12.7. The molecular weight excluding hydrogens is 351 g/mol. The number of hydrogen-bond acceptors (Lipinski definition) is 4. The van der Waals surface area contributed by atoms with Gasteiger partial charge in [0.1, 0.15) is 11.6 Å². The molecule has 0 saturated heterocycles. The third kappa shape index (κ3) is 4.85. The Morgan fingerprint density at radius 3 is 2.77 bits per heavy atom. The molecule has 2 aromatic carbocycles. The number of halogens is 1. The van der Waals surface area contributed by atoms with Crippen molar-refractivity contribution in [3.05, 3.63) is 65.5 Å². The van der Waals surface area contributed by atoms with Crippen LogP contribution in [0.15, 0.2) is 53.5 Å². The first-order valence-corrected chi connectivity index (χ1v) is 9.58. The summed E-state index contributed by atoms with van der Waals surface area (Å²) in [4.78, 5) is 18.8. The van der Waals surface area contributed by atoms with Crippen LogP contribution in [-0.2, 0) is 17.0 Å². The third-order valence-corrected chi connectivity index (χ3v) is 5.03. The molecule has 1 amide bonds. The Bertz CT molecular complexity index is 793. The van der Waals surface area contributed by atoms with Gasteiger partial charge in [0.2, 0.25) is 5.91 Å². The van der Waals surface area contributed by atoms with E-state index in [2.05, 4.69) is 4.99 Å². The van der Waals surface area contributed by atoms with Crippen LogP contribution in [0.25, 0.3) is 0 Å². The van der Waals surface area contributed by atoms with Crippen LogP contribution in [0.4, 0.5) is 4.39 Å². The first kappa shape index (κ1) is 18.5. The number of aliphatic imine (C=N–C) groups is 1. The summed E-state index contributed by atoms with van der Waals surface area (Å²) in [7, 11) is 0. The Morgan fingerprint density at radius 1 is 1.23 bits per heavy atom. The number of hydrogen-bond donors (Lipinski definition) is 0. The quantitative estimate of drug-likeness (QED) is 0.772. The zero-order valence-electron chi connectivity index (χ0n) is 14.7. The Labute approximate surface area is 157 Å². The van der Waals surface area contributed by atoms with E-state index < -0.39 is 0 Å². The van der Waals surface area contributed by atoms with E-state index in [9.17, 15) is 9.18 Å². The highest BCUT2D eigenvalue weighted by Crippen LogP contribution is 2.21. The smallest absolute Gasteiger partial charge is 0.233 e. The van der Waals surface area contributed by atoms with Crippen LogP contribution < -0.4 is 4.74 Å². The number of rotatable bonds is 6. The molecule has 1 heterocycles. The average Bonchev–Trinajstić information content (AvgIpc) is 3.11. The largest absolute Gasteiger partial charge is 0.494 e. The zero-order chi connectivity index (χ0) is 18.4. The van der Waals surface area contributed by atoms with Gasteiger partial charge >= 0.3 is 0 Å². The monoisotopic (exact) mass is 372 g/mol. The van der Waals surface area contributed by atoms with Gasteiger partial charge in [0.25, 0.3) is 0 Å². The van der Waals surface area contributed by atoms with Gasteiger partial charge in [0.15, 0.2) is 5.17 Å². The summed E-state index contributed by atoms with van der Waals surface area (Å²) in [6, 6.07) is 14.1. The van der Waals surface area contributed by atoms with Crippen LogP contribution >= 0.6 is 11.8 Å². The number of thioether (sulfide) groups is 1. The molecule has 0 atom stereocenters. The molecule has 1 aliphatic rings. The fourth-order valence-corrected chi connectivity index (χ4v) is 3.70. The lowest BCUT2D eigenvalue weighted by Crippen LogP contribution is -2.34. The summed E-state index contributed by atoms with van der Waals surface area (Å²) in [5.74, 6) is 1.17. The lowest BCUT2D eigenvalue weighted by molar-refractivity contribution is -0.126. The molecule has 0 radical (unpaired) electrons. The van der Waals surface area contributed by atoms with E-state index in [0.29, 0.717) is 37.0 Å². The molecule has 0 saturated carbocycles. The maximum atomic E-state index is 13.3. The van der Waals surface area contributed by atoms with Crippen molar-refractivity contribution in [2.75, 3.05) is 19.7 Å². The summed E-state index contributed by atoms with van der Waals surface area (Å²) in [5.41, 5.74) is 1.82. The van der Waals surface area contributed by atoms with Gasteiger partial charge in [-0.05, 0) is 42.3 Å². The van der Waals surface area contributed by atoms with Gasteiger partial charge in [-0.25, -0.2) is 4.39 Å². The Morgan fingerprint density at radius 2 is 2.04 bits per heavy atom. The van der Waals surface area contributed by atoms with Gasteiger partial charge in [-0.3, -0.25) is 14.7 Å². The van der Waals surface area contributed by atoms with Crippen LogP contribution in [0.3, 0.4) is 0 Å².